The SMILES string of the molecule is O=C(NCc1ccc2ncnc(NCc3ccccc3)c2c1)c1ccc(O)cc1. The van der Waals surface area contributed by atoms with Crippen LogP contribution in [0.15, 0.2) is 79.1 Å². The first-order chi connectivity index (χ1) is 14.2. The molecule has 1 aromatic heterocycles. The molecule has 1 heterocycles. The van der Waals surface area contributed by atoms with Crippen LogP contribution in [0, 0.1) is 0 Å². The fourth-order valence-electron chi connectivity index (χ4n) is 3.03. The van der Waals surface area contributed by atoms with Crippen molar-refractivity contribution in [3.05, 3.63) is 95.8 Å². The number of aromatic hydroxyl groups is 1. The maximum atomic E-state index is 12.3. The van der Waals surface area contributed by atoms with Gasteiger partial charge in [0, 0.05) is 24.0 Å². The maximum absolute atomic E-state index is 12.3. The number of anilines is 1. The van der Waals surface area contributed by atoms with E-state index in [0.717, 1.165) is 27.8 Å². The molecule has 3 N–H and O–H groups in total. The van der Waals surface area contributed by atoms with E-state index in [2.05, 4.69) is 32.7 Å². The van der Waals surface area contributed by atoms with Gasteiger partial charge < -0.3 is 15.7 Å². The van der Waals surface area contributed by atoms with E-state index in [1.54, 1.807) is 18.5 Å². The average molecular weight is 384 g/mol. The van der Waals surface area contributed by atoms with E-state index < -0.39 is 0 Å². The predicted octanol–water partition coefficient (Wildman–Crippen LogP) is 3.88. The Morgan fingerprint density at radius 3 is 2.45 bits per heavy atom. The number of nitrogens with zero attached hydrogens (tertiary/aromatic N) is 2. The van der Waals surface area contributed by atoms with E-state index in [9.17, 15) is 9.90 Å². The summed E-state index contributed by atoms with van der Waals surface area (Å²) in [5.74, 6) is 0.689. The minimum Gasteiger partial charge on any atom is -0.508 e. The number of phenolic OH excluding ortho intramolecular Hbond substituents is 1. The molecule has 4 rings (SSSR count). The molecule has 0 atom stereocenters. The topological polar surface area (TPSA) is 87.1 Å². The lowest BCUT2D eigenvalue weighted by Crippen LogP contribution is -2.22. The number of benzene rings is 3. The van der Waals surface area contributed by atoms with Crippen molar-refractivity contribution >= 4 is 22.6 Å². The van der Waals surface area contributed by atoms with Gasteiger partial charge in [-0.05, 0) is 47.5 Å². The quantitative estimate of drug-likeness (QED) is 0.470. The van der Waals surface area contributed by atoms with Gasteiger partial charge in [0.2, 0.25) is 0 Å². The number of nitrogens with one attached hydrogen (secondary N) is 2. The highest BCUT2D eigenvalue weighted by Gasteiger charge is 2.08. The number of amides is 1. The van der Waals surface area contributed by atoms with Crippen molar-refractivity contribution in [1.82, 2.24) is 15.3 Å². The summed E-state index contributed by atoms with van der Waals surface area (Å²) in [5, 5.41) is 16.5. The van der Waals surface area contributed by atoms with Crippen LogP contribution in [0.2, 0.25) is 0 Å². The van der Waals surface area contributed by atoms with E-state index in [-0.39, 0.29) is 11.7 Å². The molecule has 0 fully saturated rings. The molecule has 6 nitrogen and oxygen atoms in total. The van der Waals surface area contributed by atoms with Crippen molar-refractivity contribution in [3.8, 4) is 5.75 Å². The van der Waals surface area contributed by atoms with Crippen LogP contribution < -0.4 is 10.6 Å². The first-order valence-corrected chi connectivity index (χ1v) is 9.28. The van der Waals surface area contributed by atoms with Crippen molar-refractivity contribution < 1.29 is 9.90 Å². The Balaban J connectivity index is 1.49. The molecule has 4 aromatic rings. The first kappa shape index (κ1) is 18.4. The van der Waals surface area contributed by atoms with E-state index in [0.29, 0.717) is 18.7 Å². The number of rotatable bonds is 6. The van der Waals surface area contributed by atoms with Gasteiger partial charge >= 0.3 is 0 Å². The van der Waals surface area contributed by atoms with Crippen LogP contribution in [0.4, 0.5) is 5.82 Å². The van der Waals surface area contributed by atoms with Gasteiger partial charge in [-0.2, -0.15) is 0 Å². The number of aromatic nitrogens is 2. The summed E-state index contributed by atoms with van der Waals surface area (Å²) in [7, 11) is 0. The van der Waals surface area contributed by atoms with Gasteiger partial charge in [0.15, 0.2) is 0 Å². The third-order valence-corrected chi connectivity index (χ3v) is 4.59. The summed E-state index contributed by atoms with van der Waals surface area (Å²) in [6, 6.07) is 22.1. The zero-order valence-electron chi connectivity index (χ0n) is 15.7. The molecule has 29 heavy (non-hydrogen) atoms. The fourth-order valence-corrected chi connectivity index (χ4v) is 3.03. The normalized spacial score (nSPS) is 10.6. The molecule has 0 aliphatic carbocycles. The van der Waals surface area contributed by atoms with E-state index in [1.165, 1.54) is 12.1 Å². The van der Waals surface area contributed by atoms with Crippen molar-refractivity contribution in [2.45, 2.75) is 13.1 Å². The summed E-state index contributed by atoms with van der Waals surface area (Å²) in [6.07, 6.45) is 1.54. The second kappa shape index (κ2) is 8.39. The van der Waals surface area contributed by atoms with Crippen LogP contribution in [0.1, 0.15) is 21.5 Å². The third kappa shape index (κ3) is 4.50. The van der Waals surface area contributed by atoms with Crippen LogP contribution in [-0.4, -0.2) is 21.0 Å². The van der Waals surface area contributed by atoms with Crippen LogP contribution >= 0.6 is 0 Å². The van der Waals surface area contributed by atoms with Crippen molar-refractivity contribution in [1.29, 1.82) is 0 Å². The van der Waals surface area contributed by atoms with Gasteiger partial charge in [-0.25, -0.2) is 9.97 Å². The zero-order valence-corrected chi connectivity index (χ0v) is 15.7. The maximum Gasteiger partial charge on any atom is 0.251 e. The van der Waals surface area contributed by atoms with Crippen LogP contribution in [0.5, 0.6) is 5.75 Å². The van der Waals surface area contributed by atoms with Gasteiger partial charge in [0.1, 0.15) is 17.9 Å². The Hall–Kier alpha value is -3.93. The van der Waals surface area contributed by atoms with E-state index in [1.807, 2.05) is 36.4 Å². The molecule has 6 heteroatoms. The molecule has 144 valence electrons. The number of carbonyl (C=O) groups excluding carboxylic acids is 1. The first-order valence-electron chi connectivity index (χ1n) is 9.28. The van der Waals surface area contributed by atoms with Gasteiger partial charge in [0.25, 0.3) is 5.91 Å². The summed E-state index contributed by atoms with van der Waals surface area (Å²) in [5.41, 5.74) is 3.44. The summed E-state index contributed by atoms with van der Waals surface area (Å²) in [4.78, 5) is 21.0. The number of hydrogen-bond donors (Lipinski definition) is 3. The Morgan fingerprint density at radius 1 is 0.862 bits per heavy atom. The molecule has 0 unspecified atom stereocenters. The number of carbonyl (C=O) groups is 1. The monoisotopic (exact) mass is 384 g/mol. The second-order valence-electron chi connectivity index (χ2n) is 6.64. The molecule has 0 radical (unpaired) electrons. The van der Waals surface area contributed by atoms with Crippen molar-refractivity contribution in [3.63, 3.8) is 0 Å². The molecule has 1 amide bonds. The molecule has 0 saturated carbocycles. The molecule has 0 spiro atoms. The van der Waals surface area contributed by atoms with Gasteiger partial charge in [-0.1, -0.05) is 36.4 Å². The van der Waals surface area contributed by atoms with Gasteiger partial charge in [-0.3, -0.25) is 4.79 Å². The summed E-state index contributed by atoms with van der Waals surface area (Å²) >= 11 is 0. The average Bonchev–Trinajstić information content (AvgIpc) is 2.77. The van der Waals surface area contributed by atoms with Gasteiger partial charge in [-0.15, -0.1) is 0 Å². The number of hydrogen-bond acceptors (Lipinski definition) is 5. The Kier molecular flexibility index (Phi) is 5.33. The predicted molar refractivity (Wildman–Crippen MR) is 113 cm³/mol. The summed E-state index contributed by atoms with van der Waals surface area (Å²) < 4.78 is 0. The second-order valence-corrected chi connectivity index (χ2v) is 6.64. The van der Waals surface area contributed by atoms with E-state index in [4.69, 9.17) is 0 Å². The Morgan fingerprint density at radius 2 is 1.66 bits per heavy atom. The minimum atomic E-state index is -0.197. The third-order valence-electron chi connectivity index (χ3n) is 4.59. The van der Waals surface area contributed by atoms with Crippen LogP contribution in [0.25, 0.3) is 10.9 Å². The Labute approximate surface area is 168 Å². The molecule has 0 aliphatic rings. The highest BCUT2D eigenvalue weighted by molar-refractivity contribution is 5.94. The van der Waals surface area contributed by atoms with E-state index >= 15 is 0 Å². The molecular formula is C23H20N4O2. The Bertz CT molecular complexity index is 1130. The largest absolute Gasteiger partial charge is 0.508 e. The smallest absolute Gasteiger partial charge is 0.251 e. The molecule has 3 aromatic carbocycles. The van der Waals surface area contributed by atoms with Gasteiger partial charge in [0.05, 0.1) is 5.52 Å². The molecule has 0 saturated heterocycles. The standard InChI is InChI=1S/C23H20N4O2/c28-19-9-7-18(8-10-19)23(29)25-14-17-6-11-21-20(12-17)22(27-15-26-21)24-13-16-4-2-1-3-5-16/h1-12,15,28H,13-14H2,(H,25,29)(H,24,26,27). The highest BCUT2D eigenvalue weighted by atomic mass is 16.3. The lowest BCUT2D eigenvalue weighted by atomic mass is 10.1. The fraction of sp³-hybridized carbons (Fsp3) is 0.0870. The zero-order chi connectivity index (χ0) is 20.1. The molecular weight excluding hydrogens is 364 g/mol. The lowest BCUT2D eigenvalue weighted by Gasteiger charge is -2.10. The number of phenols is 1. The van der Waals surface area contributed by atoms with Crippen molar-refractivity contribution in [2.24, 2.45) is 0 Å². The molecule has 0 bridgehead atoms. The lowest BCUT2D eigenvalue weighted by molar-refractivity contribution is 0.0951. The molecule has 0 aliphatic heterocycles. The highest BCUT2D eigenvalue weighted by Crippen LogP contribution is 2.21. The van der Waals surface area contributed by atoms with Crippen molar-refractivity contribution in [2.75, 3.05) is 5.32 Å². The minimum absolute atomic E-state index is 0.131. The van der Waals surface area contributed by atoms with Crippen LogP contribution in [-0.2, 0) is 13.1 Å². The number of fused-ring (bicyclic) bond motifs is 1. The van der Waals surface area contributed by atoms with Crippen LogP contribution in [0.3, 0.4) is 0 Å². The summed E-state index contributed by atoms with van der Waals surface area (Å²) in [6.45, 7) is 1.04.